The fraction of sp³-hybridized carbons (Fsp3) is 0.609. The van der Waals surface area contributed by atoms with Gasteiger partial charge in [0.1, 0.15) is 11.8 Å². The van der Waals surface area contributed by atoms with Gasteiger partial charge in [-0.15, -0.1) is 0 Å². The normalized spacial score (nSPS) is 18.3. The molecule has 0 aliphatic carbocycles. The van der Waals surface area contributed by atoms with Gasteiger partial charge in [0, 0.05) is 65.4 Å². The van der Waals surface area contributed by atoms with Gasteiger partial charge in [-0.2, -0.15) is 0 Å². The van der Waals surface area contributed by atoms with Gasteiger partial charge >= 0.3 is 12.1 Å². The molecule has 3 rings (SSSR count). The molecule has 11 nitrogen and oxygen atoms in total. The molecule has 0 unspecified atom stereocenters. The fourth-order valence-electron chi connectivity index (χ4n) is 4.23. The summed E-state index contributed by atoms with van der Waals surface area (Å²) in [6.45, 7) is 6.77. The number of hydrogen-bond donors (Lipinski definition) is 2. The van der Waals surface area contributed by atoms with Crippen LogP contribution in [0.15, 0.2) is 12.1 Å². The number of carbonyl (C=O) groups is 3. The van der Waals surface area contributed by atoms with Crippen molar-refractivity contribution in [2.75, 3.05) is 82.8 Å². The number of ether oxygens (including phenoxy) is 1. The van der Waals surface area contributed by atoms with Crippen LogP contribution in [-0.4, -0.2) is 112 Å². The van der Waals surface area contributed by atoms with Crippen LogP contribution in [0.4, 0.5) is 29.7 Å². The number of cyclic esters (lactones) is 1. The Morgan fingerprint density at radius 3 is 2.33 bits per heavy atom. The Bertz CT molecular complexity index is 935. The summed E-state index contributed by atoms with van der Waals surface area (Å²) in [6, 6.07) is 2.00. The number of hydrogen-bond acceptors (Lipinski definition) is 7. The zero-order valence-corrected chi connectivity index (χ0v) is 21.2. The van der Waals surface area contributed by atoms with Gasteiger partial charge in [-0.05, 0) is 14.0 Å². The molecule has 1 atom stereocenters. The van der Waals surface area contributed by atoms with E-state index < -0.39 is 23.8 Å². The maximum Gasteiger partial charge on any atom is 0.414 e. The molecular weight excluding hydrogens is 476 g/mol. The molecule has 2 heterocycles. The Hall–Kier alpha value is -3.19. The van der Waals surface area contributed by atoms with Gasteiger partial charge in [0.2, 0.25) is 5.91 Å². The quantitative estimate of drug-likeness (QED) is 0.478. The van der Waals surface area contributed by atoms with Crippen LogP contribution in [0.1, 0.15) is 13.8 Å². The molecular formula is C23H35F2N7O4. The van der Waals surface area contributed by atoms with Crippen LogP contribution >= 0.6 is 0 Å². The van der Waals surface area contributed by atoms with Crippen molar-refractivity contribution in [2.45, 2.75) is 20.0 Å². The highest BCUT2D eigenvalue weighted by Crippen LogP contribution is 2.31. The molecule has 1 aromatic carbocycles. The van der Waals surface area contributed by atoms with Crippen LogP contribution in [0.3, 0.4) is 0 Å². The first-order chi connectivity index (χ1) is 17.1. The molecule has 2 saturated heterocycles. The van der Waals surface area contributed by atoms with Crippen molar-refractivity contribution in [2.24, 2.45) is 0 Å². The van der Waals surface area contributed by atoms with Crippen LogP contribution in [0.5, 0.6) is 0 Å². The van der Waals surface area contributed by atoms with Crippen molar-refractivity contribution in [1.82, 2.24) is 25.6 Å². The van der Waals surface area contributed by atoms with Crippen LogP contribution in [0.25, 0.3) is 0 Å². The summed E-state index contributed by atoms with van der Waals surface area (Å²) in [4.78, 5) is 42.7. The number of rotatable bonds is 9. The maximum absolute atomic E-state index is 15.1. The highest BCUT2D eigenvalue weighted by Gasteiger charge is 2.34. The minimum atomic E-state index is -0.827. The maximum atomic E-state index is 15.1. The van der Waals surface area contributed by atoms with Crippen LogP contribution < -0.4 is 20.5 Å². The number of anilines is 2. The van der Waals surface area contributed by atoms with E-state index in [0.29, 0.717) is 19.6 Å². The predicted octanol–water partition coefficient (Wildman–Crippen LogP) is 1.06. The number of halogens is 2. The lowest BCUT2D eigenvalue weighted by Gasteiger charge is -2.36. The molecule has 200 valence electrons. The Labute approximate surface area is 209 Å². The zero-order chi connectivity index (χ0) is 26.4. The number of nitrogens with zero attached hydrogens (tertiary/aromatic N) is 5. The molecule has 2 N–H and O–H groups in total. The number of benzene rings is 1. The van der Waals surface area contributed by atoms with E-state index in [1.165, 1.54) is 16.8 Å². The van der Waals surface area contributed by atoms with E-state index in [2.05, 4.69) is 15.6 Å². The molecule has 4 amide bonds. The summed E-state index contributed by atoms with van der Waals surface area (Å²) in [5.74, 6) is -1.93. The average molecular weight is 512 g/mol. The lowest BCUT2D eigenvalue weighted by Crippen LogP contribution is -2.56. The molecule has 2 fully saturated rings. The lowest BCUT2D eigenvalue weighted by atomic mass is 10.2. The summed E-state index contributed by atoms with van der Waals surface area (Å²) in [5, 5.41) is 4.00. The second-order valence-corrected chi connectivity index (χ2v) is 8.84. The van der Waals surface area contributed by atoms with E-state index in [9.17, 15) is 14.4 Å². The Balaban J connectivity index is 1.67. The number of carbonyl (C=O) groups excluding carboxylic acids is 3. The standard InChI is InChI=1S/C23H35F2N7O4/c1-5-29(10-11-32(26-3)22(34)30-8-6-28(4)7-9-30)21-19(24)12-17(13-20(21)25)31-15-18(36-23(31)35)14-27-16(2)33/h12-13,18,26H,5-11,14-15H2,1-4H3,(H,27,33)/t18-/m0/s1. The highest BCUT2D eigenvalue weighted by molar-refractivity contribution is 5.90. The fourth-order valence-corrected chi connectivity index (χ4v) is 4.23. The van der Waals surface area contributed by atoms with Gasteiger partial charge in [-0.3, -0.25) is 14.7 Å². The zero-order valence-electron chi connectivity index (χ0n) is 21.2. The van der Waals surface area contributed by atoms with E-state index in [4.69, 9.17) is 4.74 Å². The van der Waals surface area contributed by atoms with Crippen molar-refractivity contribution < 1.29 is 27.9 Å². The van der Waals surface area contributed by atoms with E-state index in [1.807, 2.05) is 7.05 Å². The minimum Gasteiger partial charge on any atom is -0.442 e. The predicted molar refractivity (Wildman–Crippen MR) is 131 cm³/mol. The van der Waals surface area contributed by atoms with E-state index in [0.717, 1.165) is 30.1 Å². The summed E-state index contributed by atoms with van der Waals surface area (Å²) in [7, 11) is 3.64. The Kier molecular flexibility index (Phi) is 9.26. The molecule has 0 spiro atoms. The van der Waals surface area contributed by atoms with Crippen LogP contribution in [0.2, 0.25) is 0 Å². The first-order valence-electron chi connectivity index (χ1n) is 12.0. The van der Waals surface area contributed by atoms with Gasteiger partial charge in [-0.25, -0.2) is 23.8 Å². The molecule has 2 aliphatic heterocycles. The first kappa shape index (κ1) is 27.4. The van der Waals surface area contributed by atoms with Gasteiger partial charge in [-0.1, -0.05) is 0 Å². The van der Waals surface area contributed by atoms with E-state index >= 15 is 8.78 Å². The second-order valence-electron chi connectivity index (χ2n) is 8.84. The largest absolute Gasteiger partial charge is 0.442 e. The molecule has 36 heavy (non-hydrogen) atoms. The van der Waals surface area contributed by atoms with Crippen molar-refractivity contribution >= 4 is 29.4 Å². The summed E-state index contributed by atoms with van der Waals surface area (Å²) >= 11 is 0. The lowest BCUT2D eigenvalue weighted by molar-refractivity contribution is -0.119. The van der Waals surface area contributed by atoms with Gasteiger partial charge in [0.25, 0.3) is 0 Å². The van der Waals surface area contributed by atoms with E-state index in [1.54, 1.807) is 18.9 Å². The smallest absolute Gasteiger partial charge is 0.414 e. The monoisotopic (exact) mass is 511 g/mol. The molecule has 1 aromatic rings. The Morgan fingerprint density at radius 2 is 1.78 bits per heavy atom. The molecule has 0 saturated carbocycles. The van der Waals surface area contributed by atoms with Gasteiger partial charge < -0.3 is 24.8 Å². The number of piperazine rings is 1. The SMILES string of the molecule is CCN(CCN(NC)C(=O)N1CCN(C)CC1)c1c(F)cc(N2C[C@H](CNC(C)=O)OC2=O)cc1F. The summed E-state index contributed by atoms with van der Waals surface area (Å²) < 4.78 is 35.5. The van der Waals surface area contributed by atoms with Crippen molar-refractivity contribution in [1.29, 1.82) is 0 Å². The highest BCUT2D eigenvalue weighted by atomic mass is 19.1. The molecule has 0 bridgehead atoms. The second kappa shape index (κ2) is 12.2. The van der Waals surface area contributed by atoms with Crippen molar-refractivity contribution in [3.63, 3.8) is 0 Å². The number of amides is 4. The number of likely N-dealkylation sites (N-methyl/N-ethyl adjacent to an activating group) is 2. The third kappa shape index (κ3) is 6.52. The summed E-state index contributed by atoms with van der Waals surface area (Å²) in [5.41, 5.74) is 2.67. The van der Waals surface area contributed by atoms with E-state index in [-0.39, 0.29) is 49.5 Å². The van der Waals surface area contributed by atoms with Gasteiger partial charge in [0.15, 0.2) is 11.6 Å². The number of hydrazine groups is 1. The van der Waals surface area contributed by atoms with Crippen LogP contribution in [0, 0.1) is 11.6 Å². The molecule has 0 aromatic heterocycles. The number of urea groups is 1. The van der Waals surface area contributed by atoms with Crippen molar-refractivity contribution in [3.8, 4) is 0 Å². The van der Waals surface area contributed by atoms with Crippen molar-refractivity contribution in [3.05, 3.63) is 23.8 Å². The third-order valence-electron chi connectivity index (χ3n) is 6.33. The summed E-state index contributed by atoms with van der Waals surface area (Å²) in [6.07, 6.45) is -1.36. The van der Waals surface area contributed by atoms with Crippen LogP contribution in [-0.2, 0) is 9.53 Å². The number of nitrogens with one attached hydrogen (secondary N) is 2. The average Bonchev–Trinajstić information content (AvgIpc) is 3.22. The molecule has 0 radical (unpaired) electrons. The topological polar surface area (TPSA) is 101 Å². The molecule has 13 heteroatoms. The third-order valence-corrected chi connectivity index (χ3v) is 6.33. The molecule has 2 aliphatic rings. The van der Waals surface area contributed by atoms with Gasteiger partial charge in [0.05, 0.1) is 25.3 Å². The minimum absolute atomic E-state index is 0.0298. The Morgan fingerprint density at radius 1 is 1.14 bits per heavy atom. The first-order valence-corrected chi connectivity index (χ1v) is 12.0.